The molecule has 13 rings (SSSR count). The zero-order valence-corrected chi connectivity index (χ0v) is 28.5. The molecule has 0 bridgehead atoms. The molecular weight excluding hydrogens is 645 g/mol. The highest BCUT2D eigenvalue weighted by Crippen LogP contribution is 2.50. The van der Waals surface area contributed by atoms with Crippen LogP contribution in [0.4, 0.5) is 17.1 Å². The molecule has 0 fully saturated rings. The van der Waals surface area contributed by atoms with Crippen molar-refractivity contribution in [3.8, 4) is 0 Å². The Morgan fingerprint density at radius 3 is 1.66 bits per heavy atom. The first-order valence-corrected chi connectivity index (χ1v) is 18.2. The Hall–Kier alpha value is -7.17. The molecule has 5 aromatic heterocycles. The van der Waals surface area contributed by atoms with Gasteiger partial charge in [0.1, 0.15) is 5.65 Å². The topological polar surface area (TPSA) is 25.0 Å². The van der Waals surface area contributed by atoms with E-state index >= 15 is 0 Å². The van der Waals surface area contributed by atoms with Crippen molar-refractivity contribution < 1.29 is 0 Å². The summed E-state index contributed by atoms with van der Waals surface area (Å²) >= 11 is 0. The van der Waals surface area contributed by atoms with Crippen molar-refractivity contribution in [2.75, 3.05) is 4.90 Å². The molecule has 0 saturated heterocycles. The van der Waals surface area contributed by atoms with Crippen LogP contribution >= 0.6 is 0 Å². The van der Waals surface area contributed by atoms with E-state index in [1.807, 2.05) is 0 Å². The van der Waals surface area contributed by atoms with Crippen LogP contribution in [0.15, 0.2) is 170 Å². The minimum atomic E-state index is 1.01. The predicted molar refractivity (Wildman–Crippen MR) is 223 cm³/mol. The molecule has 5 heterocycles. The first kappa shape index (κ1) is 27.5. The van der Waals surface area contributed by atoms with Gasteiger partial charge in [0, 0.05) is 59.9 Å². The number of hydrogen-bond acceptors (Lipinski definition) is 2. The molecule has 4 heteroatoms. The molecule has 0 atom stereocenters. The summed E-state index contributed by atoms with van der Waals surface area (Å²) in [5.41, 5.74) is 11.4. The molecule has 0 aliphatic rings. The maximum absolute atomic E-state index is 5.70. The molecule has 8 aromatic carbocycles. The van der Waals surface area contributed by atoms with E-state index in [4.69, 9.17) is 4.98 Å². The third-order valence-corrected chi connectivity index (χ3v) is 11.7. The number of nitrogens with zero attached hydrogens (tertiary/aromatic N) is 4. The van der Waals surface area contributed by atoms with Gasteiger partial charge in [0.05, 0.1) is 38.8 Å². The lowest BCUT2D eigenvalue weighted by atomic mass is 10.0. The zero-order chi connectivity index (χ0) is 34.4. The van der Waals surface area contributed by atoms with E-state index in [9.17, 15) is 0 Å². The summed E-state index contributed by atoms with van der Waals surface area (Å²) in [5, 5.41) is 13.5. The number of rotatable bonds is 3. The number of anilines is 3. The Balaban J connectivity index is 1.26. The highest BCUT2D eigenvalue weighted by atomic mass is 15.2. The molecule has 4 nitrogen and oxygen atoms in total. The second-order valence-corrected chi connectivity index (χ2v) is 14.3. The van der Waals surface area contributed by atoms with Crippen molar-refractivity contribution in [3.05, 3.63) is 170 Å². The number of fused-ring (bicyclic) bond motifs is 15. The lowest BCUT2D eigenvalue weighted by molar-refractivity contribution is 1.28. The van der Waals surface area contributed by atoms with E-state index in [2.05, 4.69) is 184 Å². The molecule has 0 aliphatic heterocycles. The SMILES string of the molecule is c1ccc(N(c2ccccc2)c2c3ccccc3cc3c4cccc5c6nc7c(cc6n(c23)c45)c2cccc3c4ccc5ccccc5c4n7c23)cc1. The number of pyridine rings is 1. The second-order valence-electron chi connectivity index (χ2n) is 14.3. The Morgan fingerprint density at radius 2 is 0.906 bits per heavy atom. The standard InChI is InChI=1S/C49H28N4/c1-3-15-31(16-4-1)51(32-17-5-2-6-18-32)47-34-20-10-8-14-30(34)27-40-36-22-12-24-39-43-42(52(46(36)39)48(40)47)28-41-37-23-11-21-35-38-26-25-29-13-7-9-19-33(29)44(38)53(45(35)37)49(41)50-43/h1-28H. The van der Waals surface area contributed by atoms with Gasteiger partial charge in [0.2, 0.25) is 0 Å². The van der Waals surface area contributed by atoms with Crippen LogP contribution in [0.25, 0.3) is 98.0 Å². The van der Waals surface area contributed by atoms with Gasteiger partial charge in [-0.3, -0.25) is 4.40 Å². The van der Waals surface area contributed by atoms with Crippen molar-refractivity contribution in [3.63, 3.8) is 0 Å². The Bertz CT molecular complexity index is 3580. The van der Waals surface area contributed by atoms with Crippen molar-refractivity contribution in [1.82, 2.24) is 13.8 Å². The van der Waals surface area contributed by atoms with Gasteiger partial charge in [-0.15, -0.1) is 0 Å². The van der Waals surface area contributed by atoms with Crippen LogP contribution in [0.2, 0.25) is 0 Å². The average molecular weight is 673 g/mol. The average Bonchev–Trinajstić information content (AvgIpc) is 3.94. The van der Waals surface area contributed by atoms with E-state index in [1.165, 1.54) is 81.3 Å². The molecule has 0 unspecified atom stereocenters. The summed E-state index contributed by atoms with van der Waals surface area (Å²) in [6.07, 6.45) is 0. The van der Waals surface area contributed by atoms with Crippen molar-refractivity contribution in [1.29, 1.82) is 0 Å². The molecule has 0 aliphatic carbocycles. The number of aromatic nitrogens is 3. The Kier molecular flexibility index (Phi) is 5.08. The summed E-state index contributed by atoms with van der Waals surface area (Å²) in [4.78, 5) is 8.14. The third kappa shape index (κ3) is 3.39. The van der Waals surface area contributed by atoms with Crippen LogP contribution < -0.4 is 4.90 Å². The first-order valence-electron chi connectivity index (χ1n) is 18.2. The Labute approximate surface area is 302 Å². The summed E-state index contributed by atoms with van der Waals surface area (Å²) in [7, 11) is 0. The summed E-state index contributed by atoms with van der Waals surface area (Å²) in [6, 6.07) is 62.0. The minimum Gasteiger partial charge on any atom is -0.308 e. The number of benzene rings is 8. The summed E-state index contributed by atoms with van der Waals surface area (Å²) in [5.74, 6) is 0. The molecule has 13 aromatic rings. The molecule has 244 valence electrons. The fourth-order valence-electron chi connectivity index (χ4n) is 9.57. The van der Waals surface area contributed by atoms with Crippen molar-refractivity contribution in [2.45, 2.75) is 0 Å². The highest BCUT2D eigenvalue weighted by molar-refractivity contribution is 6.31. The van der Waals surface area contributed by atoms with E-state index in [-0.39, 0.29) is 0 Å². The van der Waals surface area contributed by atoms with Crippen molar-refractivity contribution >= 4 is 115 Å². The fraction of sp³-hybridized carbons (Fsp3) is 0. The highest BCUT2D eigenvalue weighted by Gasteiger charge is 2.27. The molecule has 0 amide bonds. The van der Waals surface area contributed by atoms with Gasteiger partial charge in [-0.2, -0.15) is 0 Å². The Morgan fingerprint density at radius 1 is 0.358 bits per heavy atom. The summed E-state index contributed by atoms with van der Waals surface area (Å²) < 4.78 is 4.96. The quantitative estimate of drug-likeness (QED) is 0.187. The van der Waals surface area contributed by atoms with Crippen LogP contribution in [0, 0.1) is 0 Å². The van der Waals surface area contributed by atoms with Gasteiger partial charge in [-0.25, -0.2) is 4.98 Å². The second kappa shape index (κ2) is 9.78. The molecule has 0 saturated carbocycles. The van der Waals surface area contributed by atoms with Crippen molar-refractivity contribution in [2.24, 2.45) is 0 Å². The van der Waals surface area contributed by atoms with Crippen LogP contribution in [0.3, 0.4) is 0 Å². The van der Waals surface area contributed by atoms with Gasteiger partial charge in [-0.1, -0.05) is 133 Å². The van der Waals surface area contributed by atoms with E-state index in [0.717, 1.165) is 33.7 Å². The van der Waals surface area contributed by atoms with Gasteiger partial charge >= 0.3 is 0 Å². The third-order valence-electron chi connectivity index (χ3n) is 11.7. The van der Waals surface area contributed by atoms with Crippen LogP contribution in [0.1, 0.15) is 0 Å². The minimum absolute atomic E-state index is 1.01. The van der Waals surface area contributed by atoms with E-state index in [1.54, 1.807) is 0 Å². The summed E-state index contributed by atoms with van der Waals surface area (Å²) in [6.45, 7) is 0. The normalized spacial score (nSPS) is 12.5. The monoisotopic (exact) mass is 672 g/mol. The van der Waals surface area contributed by atoms with Gasteiger partial charge in [0.15, 0.2) is 0 Å². The first-order chi connectivity index (χ1) is 26.3. The number of hydrogen-bond donors (Lipinski definition) is 0. The van der Waals surface area contributed by atoms with Crippen LogP contribution in [-0.2, 0) is 0 Å². The lowest BCUT2D eigenvalue weighted by Gasteiger charge is -2.28. The molecule has 53 heavy (non-hydrogen) atoms. The van der Waals surface area contributed by atoms with E-state index in [0.29, 0.717) is 0 Å². The largest absolute Gasteiger partial charge is 0.308 e. The molecule has 0 spiro atoms. The maximum atomic E-state index is 5.70. The smallest absolute Gasteiger partial charge is 0.146 e. The maximum Gasteiger partial charge on any atom is 0.146 e. The van der Waals surface area contributed by atoms with E-state index < -0.39 is 0 Å². The van der Waals surface area contributed by atoms with Gasteiger partial charge in [-0.05, 0) is 47.2 Å². The molecule has 0 N–H and O–H groups in total. The molecule has 0 radical (unpaired) electrons. The number of para-hydroxylation sites is 4. The zero-order valence-electron chi connectivity index (χ0n) is 28.5. The van der Waals surface area contributed by atoms with Gasteiger partial charge in [0.25, 0.3) is 0 Å². The molecular formula is C49H28N4. The van der Waals surface area contributed by atoms with Crippen LogP contribution in [-0.4, -0.2) is 13.8 Å². The lowest BCUT2D eigenvalue weighted by Crippen LogP contribution is -2.11. The predicted octanol–water partition coefficient (Wildman–Crippen LogP) is 13.2. The van der Waals surface area contributed by atoms with Gasteiger partial charge < -0.3 is 9.30 Å². The van der Waals surface area contributed by atoms with Crippen LogP contribution in [0.5, 0.6) is 0 Å². The fourth-order valence-corrected chi connectivity index (χ4v) is 9.57.